The average molecular weight is 392 g/mol. The molecule has 0 atom stereocenters. The zero-order chi connectivity index (χ0) is 20.3. The first-order valence-corrected chi connectivity index (χ1v) is 10.4. The van der Waals surface area contributed by atoms with Crippen LogP contribution in [0.15, 0.2) is 60.7 Å². The molecule has 2 saturated heterocycles. The molecule has 2 heterocycles. The molecule has 0 bridgehead atoms. The fraction of sp³-hybridized carbons (Fsp3) is 0.417. The van der Waals surface area contributed by atoms with Gasteiger partial charge in [-0.3, -0.25) is 9.59 Å². The standard InChI is InChI=1S/C24H29N3O2/c1-25(21-10-6-3-7-11-21)18-23(29)26-14-12-24(13-15-26)16-22(28)27(19-24)17-20-8-4-2-5-9-20/h2-11H,12-19H2,1H3. The normalized spacial score (nSPS) is 18.3. The summed E-state index contributed by atoms with van der Waals surface area (Å²) < 4.78 is 0. The Morgan fingerprint density at radius 1 is 1.00 bits per heavy atom. The Hall–Kier alpha value is -2.82. The Bertz CT molecular complexity index is 845. The van der Waals surface area contributed by atoms with E-state index in [9.17, 15) is 9.59 Å². The van der Waals surface area contributed by atoms with E-state index >= 15 is 0 Å². The number of nitrogens with zero attached hydrogens (tertiary/aromatic N) is 3. The number of anilines is 1. The van der Waals surface area contributed by atoms with Gasteiger partial charge in [0.1, 0.15) is 0 Å². The number of carbonyl (C=O) groups is 2. The van der Waals surface area contributed by atoms with Crippen LogP contribution in [0.5, 0.6) is 0 Å². The summed E-state index contributed by atoms with van der Waals surface area (Å²) in [5, 5.41) is 0. The smallest absolute Gasteiger partial charge is 0.242 e. The van der Waals surface area contributed by atoms with Gasteiger partial charge in [-0.15, -0.1) is 0 Å². The predicted molar refractivity (Wildman–Crippen MR) is 114 cm³/mol. The number of hydrogen-bond donors (Lipinski definition) is 0. The number of para-hydroxylation sites is 1. The highest BCUT2D eigenvalue weighted by molar-refractivity contribution is 5.82. The van der Waals surface area contributed by atoms with Crippen molar-refractivity contribution in [2.75, 3.05) is 38.1 Å². The molecule has 2 aromatic carbocycles. The molecule has 2 fully saturated rings. The molecule has 1 spiro atoms. The van der Waals surface area contributed by atoms with Gasteiger partial charge in [0.05, 0.1) is 6.54 Å². The summed E-state index contributed by atoms with van der Waals surface area (Å²) in [6.07, 6.45) is 2.43. The lowest BCUT2D eigenvalue weighted by Crippen LogP contribution is -2.47. The van der Waals surface area contributed by atoms with Crippen molar-refractivity contribution in [3.8, 4) is 0 Å². The molecular formula is C24H29N3O2. The van der Waals surface area contributed by atoms with E-state index in [1.54, 1.807) is 0 Å². The molecule has 0 radical (unpaired) electrons. The minimum absolute atomic E-state index is 0.0357. The van der Waals surface area contributed by atoms with E-state index in [0.29, 0.717) is 19.5 Å². The van der Waals surface area contributed by atoms with Gasteiger partial charge >= 0.3 is 0 Å². The fourth-order valence-electron chi connectivity index (χ4n) is 4.57. The van der Waals surface area contributed by atoms with Crippen molar-refractivity contribution >= 4 is 17.5 Å². The lowest BCUT2D eigenvalue weighted by atomic mass is 9.77. The molecule has 29 heavy (non-hydrogen) atoms. The van der Waals surface area contributed by atoms with Crippen molar-refractivity contribution in [1.29, 1.82) is 0 Å². The van der Waals surface area contributed by atoms with Crippen LogP contribution in [0.25, 0.3) is 0 Å². The van der Waals surface area contributed by atoms with Gasteiger partial charge in [0.2, 0.25) is 11.8 Å². The zero-order valence-corrected chi connectivity index (χ0v) is 17.1. The van der Waals surface area contributed by atoms with Crippen molar-refractivity contribution in [3.63, 3.8) is 0 Å². The fourth-order valence-corrected chi connectivity index (χ4v) is 4.57. The molecule has 2 aliphatic rings. The van der Waals surface area contributed by atoms with Crippen LogP contribution in [0.4, 0.5) is 5.69 Å². The van der Waals surface area contributed by atoms with Gasteiger partial charge < -0.3 is 14.7 Å². The van der Waals surface area contributed by atoms with Crippen LogP contribution in [-0.4, -0.2) is 54.8 Å². The second-order valence-electron chi connectivity index (χ2n) is 8.48. The van der Waals surface area contributed by atoms with Gasteiger partial charge in [-0.2, -0.15) is 0 Å². The number of likely N-dealkylation sites (N-methyl/N-ethyl adjacent to an activating group) is 1. The Labute approximate surface area is 172 Å². The second kappa shape index (κ2) is 8.27. The molecule has 5 nitrogen and oxygen atoms in total. The number of piperidine rings is 1. The predicted octanol–water partition coefficient (Wildman–Crippen LogP) is 3.16. The van der Waals surface area contributed by atoms with Crippen LogP contribution in [0.2, 0.25) is 0 Å². The van der Waals surface area contributed by atoms with Gasteiger partial charge in [0.15, 0.2) is 0 Å². The van der Waals surface area contributed by atoms with Crippen LogP contribution in [0.1, 0.15) is 24.8 Å². The Kier molecular flexibility index (Phi) is 5.56. The zero-order valence-electron chi connectivity index (χ0n) is 17.1. The lowest BCUT2D eigenvalue weighted by Gasteiger charge is -2.39. The van der Waals surface area contributed by atoms with Crippen LogP contribution in [-0.2, 0) is 16.1 Å². The maximum absolute atomic E-state index is 12.8. The molecule has 0 N–H and O–H groups in total. The third kappa shape index (κ3) is 4.44. The topological polar surface area (TPSA) is 43.9 Å². The van der Waals surface area contributed by atoms with E-state index < -0.39 is 0 Å². The van der Waals surface area contributed by atoms with E-state index in [0.717, 1.165) is 38.2 Å². The van der Waals surface area contributed by atoms with E-state index in [1.807, 2.05) is 70.3 Å². The lowest BCUT2D eigenvalue weighted by molar-refractivity contribution is -0.131. The van der Waals surface area contributed by atoms with Gasteiger partial charge in [-0.25, -0.2) is 0 Å². The maximum atomic E-state index is 12.8. The van der Waals surface area contributed by atoms with E-state index in [-0.39, 0.29) is 17.2 Å². The van der Waals surface area contributed by atoms with Crippen molar-refractivity contribution in [3.05, 3.63) is 66.2 Å². The molecule has 2 amide bonds. The quantitative estimate of drug-likeness (QED) is 0.786. The monoisotopic (exact) mass is 391 g/mol. The minimum atomic E-state index is 0.0357. The Balaban J connectivity index is 1.31. The largest absolute Gasteiger partial charge is 0.365 e. The summed E-state index contributed by atoms with van der Waals surface area (Å²) in [6.45, 7) is 3.37. The molecule has 5 heteroatoms. The van der Waals surface area contributed by atoms with E-state index in [1.165, 1.54) is 5.56 Å². The molecule has 0 unspecified atom stereocenters. The molecule has 4 rings (SSSR count). The summed E-state index contributed by atoms with van der Waals surface area (Å²) in [6, 6.07) is 20.2. The number of benzene rings is 2. The number of carbonyl (C=O) groups excluding carboxylic acids is 2. The molecule has 152 valence electrons. The first kappa shape index (κ1) is 19.5. The highest BCUT2D eigenvalue weighted by Gasteiger charge is 2.45. The average Bonchev–Trinajstić information content (AvgIpc) is 3.04. The SMILES string of the molecule is CN(CC(=O)N1CCC2(CC1)CC(=O)N(Cc1ccccc1)C2)c1ccccc1. The van der Waals surface area contributed by atoms with E-state index in [4.69, 9.17) is 0 Å². The van der Waals surface area contributed by atoms with Crippen molar-refractivity contribution in [2.24, 2.45) is 5.41 Å². The Morgan fingerprint density at radius 2 is 1.62 bits per heavy atom. The highest BCUT2D eigenvalue weighted by Crippen LogP contribution is 2.41. The first-order valence-electron chi connectivity index (χ1n) is 10.4. The van der Waals surface area contributed by atoms with Crippen molar-refractivity contribution in [1.82, 2.24) is 9.80 Å². The summed E-state index contributed by atoms with van der Waals surface area (Å²) in [4.78, 5) is 31.3. The Morgan fingerprint density at radius 3 is 2.28 bits per heavy atom. The molecule has 0 saturated carbocycles. The summed E-state index contributed by atoms with van der Waals surface area (Å²) in [5.74, 6) is 0.411. The molecule has 0 aromatic heterocycles. The number of amides is 2. The van der Waals surface area contributed by atoms with Crippen molar-refractivity contribution < 1.29 is 9.59 Å². The summed E-state index contributed by atoms with van der Waals surface area (Å²) >= 11 is 0. The maximum Gasteiger partial charge on any atom is 0.242 e. The molecular weight excluding hydrogens is 362 g/mol. The van der Waals surface area contributed by atoms with Crippen molar-refractivity contribution in [2.45, 2.75) is 25.8 Å². The van der Waals surface area contributed by atoms with Crippen LogP contribution in [0, 0.1) is 5.41 Å². The van der Waals surface area contributed by atoms with Crippen LogP contribution in [0.3, 0.4) is 0 Å². The third-order valence-electron chi connectivity index (χ3n) is 6.37. The van der Waals surface area contributed by atoms with Gasteiger partial charge in [0, 0.05) is 50.7 Å². The summed E-state index contributed by atoms with van der Waals surface area (Å²) in [7, 11) is 1.95. The second-order valence-corrected chi connectivity index (χ2v) is 8.48. The number of rotatable bonds is 5. The molecule has 0 aliphatic carbocycles. The van der Waals surface area contributed by atoms with Gasteiger partial charge in [-0.05, 0) is 30.5 Å². The summed E-state index contributed by atoms with van der Waals surface area (Å²) in [5.41, 5.74) is 2.26. The number of likely N-dealkylation sites (tertiary alicyclic amines) is 2. The van der Waals surface area contributed by atoms with E-state index in [2.05, 4.69) is 12.1 Å². The highest BCUT2D eigenvalue weighted by atomic mass is 16.2. The first-order chi connectivity index (χ1) is 14.0. The van der Waals surface area contributed by atoms with Crippen LogP contribution >= 0.6 is 0 Å². The van der Waals surface area contributed by atoms with Gasteiger partial charge in [-0.1, -0.05) is 48.5 Å². The molecule has 2 aliphatic heterocycles. The third-order valence-corrected chi connectivity index (χ3v) is 6.37. The number of hydrogen-bond acceptors (Lipinski definition) is 3. The minimum Gasteiger partial charge on any atom is -0.365 e. The molecule has 2 aromatic rings. The van der Waals surface area contributed by atoms with Crippen LogP contribution < -0.4 is 4.90 Å². The van der Waals surface area contributed by atoms with Gasteiger partial charge in [0.25, 0.3) is 0 Å².